The number of aromatic nitrogens is 1. The molecule has 0 bridgehead atoms. The van der Waals surface area contributed by atoms with Crippen LogP contribution in [0.15, 0.2) is 41.0 Å². The highest BCUT2D eigenvalue weighted by Gasteiger charge is 2.43. The molecule has 1 aromatic heterocycles. The van der Waals surface area contributed by atoms with E-state index < -0.39 is 0 Å². The number of nitrogens with zero attached hydrogens (tertiary/aromatic N) is 1. The first-order valence-electron chi connectivity index (χ1n) is 13.4. The Morgan fingerprint density at radius 2 is 1.89 bits per heavy atom. The van der Waals surface area contributed by atoms with Gasteiger partial charge >= 0.3 is 0 Å². The molecule has 0 saturated heterocycles. The smallest absolute Gasteiger partial charge is 0.141 e. The maximum Gasteiger partial charge on any atom is 0.141 e. The molecule has 2 fully saturated rings. The second kappa shape index (κ2) is 11.6. The molecular formula is C30H42N2OS2. The normalized spacial score (nSPS) is 21.0. The quantitative estimate of drug-likeness (QED) is 0.331. The number of thiazole rings is 1. The van der Waals surface area contributed by atoms with E-state index in [0.29, 0.717) is 11.7 Å². The van der Waals surface area contributed by atoms with Crippen molar-refractivity contribution >= 4 is 28.9 Å². The third kappa shape index (κ3) is 5.88. The minimum atomic E-state index is -0.00434. The first-order chi connectivity index (χ1) is 16.9. The summed E-state index contributed by atoms with van der Waals surface area (Å²) in [4.78, 5) is 19.6. The third-order valence-electron chi connectivity index (χ3n) is 8.32. The zero-order valence-corrected chi connectivity index (χ0v) is 23.8. The van der Waals surface area contributed by atoms with Gasteiger partial charge in [0, 0.05) is 34.7 Å². The average Bonchev–Trinajstić information content (AvgIpc) is 3.48. The van der Waals surface area contributed by atoms with Crippen LogP contribution < -0.4 is 5.32 Å². The Balaban J connectivity index is 1.50. The maximum absolute atomic E-state index is 14.0. The maximum atomic E-state index is 14.0. The highest BCUT2D eigenvalue weighted by Crippen LogP contribution is 2.45. The molecule has 1 aromatic carbocycles. The molecule has 1 heterocycles. The van der Waals surface area contributed by atoms with Crippen LogP contribution in [-0.2, 0) is 11.3 Å². The highest BCUT2D eigenvalue weighted by atomic mass is 32.2. The molecule has 0 spiro atoms. The summed E-state index contributed by atoms with van der Waals surface area (Å²) >= 11 is 3.55. The predicted octanol–water partition coefficient (Wildman–Crippen LogP) is 8.19. The summed E-state index contributed by atoms with van der Waals surface area (Å²) in [5.41, 5.74) is 8.53. The number of hydrogen-bond donors (Lipinski definition) is 1. The Morgan fingerprint density at radius 1 is 1.17 bits per heavy atom. The van der Waals surface area contributed by atoms with Crippen LogP contribution >= 0.6 is 23.1 Å². The van der Waals surface area contributed by atoms with Crippen molar-refractivity contribution in [1.82, 2.24) is 10.3 Å². The molecule has 2 aliphatic carbocycles. The number of Topliss-reactive ketones (excluding diaryl/α,β-unsaturated/α-hetero) is 1. The Labute approximate surface area is 220 Å². The lowest BCUT2D eigenvalue weighted by Crippen LogP contribution is -2.40. The van der Waals surface area contributed by atoms with E-state index in [2.05, 4.69) is 68.5 Å². The first-order valence-corrected chi connectivity index (χ1v) is 15.5. The number of rotatable bonds is 11. The van der Waals surface area contributed by atoms with Gasteiger partial charge in [0.05, 0.1) is 16.1 Å². The van der Waals surface area contributed by atoms with Crippen molar-refractivity contribution in [2.24, 2.45) is 17.8 Å². The highest BCUT2D eigenvalue weighted by molar-refractivity contribution is 8.00. The number of nitrogens with one attached hydrogen (secondary N) is 1. The SMILES string of the molecule is CCCC(C(=O)C1CCCC1C(NCc1ccc(-c2scnc2C)cc1)=C1CCC1)C(C)(C)SC. The summed E-state index contributed by atoms with van der Waals surface area (Å²) in [5, 5.41) is 3.87. The van der Waals surface area contributed by atoms with E-state index in [-0.39, 0.29) is 16.6 Å². The summed E-state index contributed by atoms with van der Waals surface area (Å²) in [5.74, 6) is 1.21. The van der Waals surface area contributed by atoms with Crippen LogP contribution in [0, 0.1) is 24.7 Å². The number of carbonyl (C=O) groups excluding carboxylic acids is 1. The summed E-state index contributed by atoms with van der Waals surface area (Å²) in [6, 6.07) is 8.91. The van der Waals surface area contributed by atoms with Crippen molar-refractivity contribution in [1.29, 1.82) is 0 Å². The van der Waals surface area contributed by atoms with E-state index in [4.69, 9.17) is 0 Å². The van der Waals surface area contributed by atoms with Gasteiger partial charge in [-0.1, -0.05) is 63.5 Å². The fourth-order valence-corrected chi connectivity index (χ4v) is 7.19. The molecule has 3 unspecified atom stereocenters. The third-order valence-corrected chi connectivity index (χ3v) is 10.6. The van der Waals surface area contributed by atoms with Gasteiger partial charge in [0.15, 0.2) is 0 Å². The Bertz CT molecular complexity index is 1030. The van der Waals surface area contributed by atoms with Crippen molar-refractivity contribution in [3.8, 4) is 10.4 Å². The van der Waals surface area contributed by atoms with E-state index in [9.17, 15) is 4.79 Å². The van der Waals surface area contributed by atoms with Crippen molar-refractivity contribution in [2.45, 2.75) is 90.4 Å². The molecule has 190 valence electrons. The van der Waals surface area contributed by atoms with Gasteiger partial charge < -0.3 is 5.32 Å². The molecule has 5 heteroatoms. The lowest BCUT2D eigenvalue weighted by atomic mass is 9.75. The summed E-state index contributed by atoms with van der Waals surface area (Å²) < 4.78 is -0.00434. The van der Waals surface area contributed by atoms with E-state index in [1.54, 1.807) is 16.9 Å². The van der Waals surface area contributed by atoms with Gasteiger partial charge in [0.1, 0.15) is 5.78 Å². The minimum absolute atomic E-state index is 0.00434. The Kier molecular flexibility index (Phi) is 8.80. The van der Waals surface area contributed by atoms with Gasteiger partial charge in [-0.15, -0.1) is 11.3 Å². The van der Waals surface area contributed by atoms with E-state index in [1.807, 2.05) is 17.3 Å². The van der Waals surface area contributed by atoms with Crippen LogP contribution in [0.25, 0.3) is 10.4 Å². The number of benzene rings is 1. The van der Waals surface area contributed by atoms with Crippen LogP contribution in [0.4, 0.5) is 0 Å². The predicted molar refractivity (Wildman–Crippen MR) is 152 cm³/mol. The van der Waals surface area contributed by atoms with Gasteiger partial charge in [-0.05, 0) is 62.8 Å². The molecular weight excluding hydrogens is 468 g/mol. The Hall–Kier alpha value is -1.59. The topological polar surface area (TPSA) is 42.0 Å². The molecule has 0 amide bonds. The van der Waals surface area contributed by atoms with Crippen LogP contribution in [0.2, 0.25) is 0 Å². The largest absolute Gasteiger partial charge is 0.384 e. The number of hydrogen-bond acceptors (Lipinski definition) is 5. The number of ketones is 1. The van der Waals surface area contributed by atoms with Gasteiger partial charge in [-0.25, -0.2) is 4.98 Å². The van der Waals surface area contributed by atoms with Crippen LogP contribution in [-0.4, -0.2) is 21.8 Å². The molecule has 35 heavy (non-hydrogen) atoms. The van der Waals surface area contributed by atoms with Gasteiger partial charge in [-0.2, -0.15) is 11.8 Å². The van der Waals surface area contributed by atoms with Gasteiger partial charge in [-0.3, -0.25) is 4.79 Å². The first kappa shape index (κ1) is 26.5. The molecule has 2 aromatic rings. The Morgan fingerprint density at radius 3 is 2.46 bits per heavy atom. The van der Waals surface area contributed by atoms with Crippen LogP contribution in [0.5, 0.6) is 0 Å². The molecule has 3 atom stereocenters. The number of thioether (sulfide) groups is 1. The number of carbonyl (C=O) groups is 1. The summed E-state index contributed by atoms with van der Waals surface area (Å²) in [7, 11) is 0. The standard InChI is InChI=1S/C30H42N2OS2/c1-6-9-26(30(3,4)34-5)28(33)25-13-8-12-24(25)27(22-10-7-11-22)31-18-21-14-16-23(17-15-21)29-20(2)32-19-35-29/h14-17,19,24-26,31H,6-13,18H2,1-5H3. The number of aryl methyl sites for hydroxylation is 1. The monoisotopic (exact) mass is 510 g/mol. The molecule has 1 N–H and O–H groups in total. The number of allylic oxidation sites excluding steroid dienone is 2. The molecule has 3 nitrogen and oxygen atoms in total. The van der Waals surface area contributed by atoms with E-state index in [0.717, 1.165) is 37.9 Å². The zero-order chi connectivity index (χ0) is 25.0. The van der Waals surface area contributed by atoms with Crippen LogP contribution in [0.1, 0.15) is 83.4 Å². The van der Waals surface area contributed by atoms with E-state index >= 15 is 0 Å². The second-order valence-electron chi connectivity index (χ2n) is 10.9. The van der Waals surface area contributed by atoms with Crippen molar-refractivity contribution in [3.63, 3.8) is 0 Å². The summed E-state index contributed by atoms with van der Waals surface area (Å²) in [6.07, 6.45) is 11.3. The second-order valence-corrected chi connectivity index (χ2v) is 13.2. The van der Waals surface area contributed by atoms with Crippen LogP contribution in [0.3, 0.4) is 0 Å². The molecule has 0 aliphatic heterocycles. The zero-order valence-electron chi connectivity index (χ0n) is 22.2. The lowest BCUT2D eigenvalue weighted by molar-refractivity contribution is -0.128. The van der Waals surface area contributed by atoms with Gasteiger partial charge in [0.25, 0.3) is 0 Å². The minimum Gasteiger partial charge on any atom is -0.384 e. The molecule has 0 radical (unpaired) electrons. The molecule has 2 saturated carbocycles. The van der Waals surface area contributed by atoms with Crippen molar-refractivity contribution in [2.75, 3.05) is 6.26 Å². The average molecular weight is 511 g/mol. The van der Waals surface area contributed by atoms with Gasteiger partial charge in [0.2, 0.25) is 0 Å². The fraction of sp³-hybridized carbons (Fsp3) is 0.600. The molecule has 2 aliphatic rings. The van der Waals surface area contributed by atoms with E-state index in [1.165, 1.54) is 47.4 Å². The van der Waals surface area contributed by atoms with Crippen molar-refractivity contribution in [3.05, 3.63) is 52.3 Å². The van der Waals surface area contributed by atoms with Crippen molar-refractivity contribution < 1.29 is 4.79 Å². The summed E-state index contributed by atoms with van der Waals surface area (Å²) in [6.45, 7) is 9.64. The molecule has 4 rings (SSSR count). The lowest BCUT2D eigenvalue weighted by Gasteiger charge is -2.36. The fourth-order valence-electron chi connectivity index (χ4n) is 5.86.